The van der Waals surface area contributed by atoms with E-state index in [-0.39, 0.29) is 19.3 Å². The van der Waals surface area contributed by atoms with Crippen molar-refractivity contribution in [3.05, 3.63) is 75.5 Å². The fraction of sp³-hybridized carbons (Fsp3) is 0.438. The van der Waals surface area contributed by atoms with Crippen LogP contribution in [-0.4, -0.2) is 24.2 Å². The zero-order chi connectivity index (χ0) is 32.0. The molecule has 3 rings (SSSR count). The number of amides is 1. The number of ether oxygens (including phenoxy) is 1. The Bertz CT molecular complexity index is 1050. The van der Waals surface area contributed by atoms with Gasteiger partial charge in [0.05, 0.1) is 0 Å². The van der Waals surface area contributed by atoms with Crippen molar-refractivity contribution >= 4 is 24.2 Å². The highest BCUT2D eigenvalue weighted by Gasteiger charge is 2.30. The van der Waals surface area contributed by atoms with Crippen LogP contribution in [0.2, 0.25) is 0 Å². The van der Waals surface area contributed by atoms with E-state index in [9.17, 15) is 13.2 Å². The Balaban J connectivity index is 0. The van der Waals surface area contributed by atoms with Gasteiger partial charge in [-0.25, -0.2) is 0 Å². The number of carboxylic acid groups (broad SMARTS) is 1. The minimum Gasteiger partial charge on any atom is -0.485 e. The van der Waals surface area contributed by atoms with E-state index in [0.717, 1.165) is 27.1 Å². The van der Waals surface area contributed by atoms with Crippen LogP contribution >= 0.6 is 11.3 Å². The number of alkyl halides is 3. The maximum Gasteiger partial charge on any atom is 0.389 e. The standard InChI is InChI=1S/C25H27F3OS.C3H8.C2H6.CH3NO.CH2O2/c1-16(2)19-7-9-20(10-8-19)24-17(3)14-21(15-18(24)4)29-22(11-12-25(26,27)28)23-6-5-13-30-23;1-3-2;1-2;2*2-1-3/h5-10,13-16,22H,11-12H2,1-4H3;3H2,1-2H3;1-2H3;1H,(H2,2,3);1H,(H,2,3). The van der Waals surface area contributed by atoms with E-state index in [1.807, 2.05) is 57.3 Å². The minimum absolute atomic E-state index is 0.0967. The van der Waals surface area contributed by atoms with Crippen molar-refractivity contribution in [2.75, 3.05) is 0 Å². The summed E-state index contributed by atoms with van der Waals surface area (Å²) in [7, 11) is 0. The van der Waals surface area contributed by atoms with Crippen molar-refractivity contribution < 1.29 is 32.6 Å². The van der Waals surface area contributed by atoms with Gasteiger partial charge in [-0.15, -0.1) is 11.3 Å². The highest BCUT2D eigenvalue weighted by molar-refractivity contribution is 7.10. The van der Waals surface area contributed by atoms with Gasteiger partial charge in [0, 0.05) is 11.3 Å². The Morgan fingerprint density at radius 3 is 1.83 bits per heavy atom. The van der Waals surface area contributed by atoms with Crippen LogP contribution in [0, 0.1) is 13.8 Å². The lowest BCUT2D eigenvalue weighted by Crippen LogP contribution is -2.13. The fourth-order valence-electron chi connectivity index (χ4n) is 3.67. The summed E-state index contributed by atoms with van der Waals surface area (Å²) in [4.78, 5) is 17.8. The molecule has 0 saturated carbocycles. The number of aryl methyl sites for hydroxylation is 2. The molecule has 0 aliphatic rings. The van der Waals surface area contributed by atoms with Crippen LogP contribution < -0.4 is 10.5 Å². The molecule has 0 aliphatic carbocycles. The molecule has 3 N–H and O–H groups in total. The first-order valence-electron chi connectivity index (χ1n) is 13.6. The second-order valence-electron chi connectivity index (χ2n) is 8.93. The topological polar surface area (TPSA) is 89.6 Å². The van der Waals surface area contributed by atoms with Gasteiger partial charge in [0.15, 0.2) is 0 Å². The quantitative estimate of drug-likeness (QED) is 0.265. The van der Waals surface area contributed by atoms with E-state index in [4.69, 9.17) is 19.4 Å². The van der Waals surface area contributed by atoms with E-state index >= 15 is 0 Å². The van der Waals surface area contributed by atoms with Gasteiger partial charge in [0.1, 0.15) is 11.9 Å². The average Bonchev–Trinajstić information content (AvgIpc) is 3.44. The first-order valence-corrected chi connectivity index (χ1v) is 14.5. The van der Waals surface area contributed by atoms with Crippen LogP contribution in [-0.2, 0) is 9.59 Å². The molecule has 9 heteroatoms. The SMILES string of the molecule is CC.CCC.Cc1cc(OC(CCC(F)(F)F)c2cccs2)cc(C)c1-c1ccc(C(C)C)cc1.NC=O.O=CO. The summed E-state index contributed by atoms with van der Waals surface area (Å²) in [5.74, 6) is 1.08. The predicted molar refractivity (Wildman–Crippen MR) is 165 cm³/mol. The van der Waals surface area contributed by atoms with Gasteiger partial charge in [-0.3, -0.25) is 9.59 Å². The summed E-state index contributed by atoms with van der Waals surface area (Å²) in [5.41, 5.74) is 9.82. The monoisotopic (exact) mass is 597 g/mol. The number of benzene rings is 2. The lowest BCUT2D eigenvalue weighted by atomic mass is 9.93. The van der Waals surface area contributed by atoms with Gasteiger partial charge in [-0.1, -0.05) is 78.3 Å². The molecule has 1 aromatic heterocycles. The highest BCUT2D eigenvalue weighted by Crippen LogP contribution is 2.36. The van der Waals surface area contributed by atoms with Gasteiger partial charge in [-0.2, -0.15) is 13.2 Å². The molecule has 1 amide bonds. The molecule has 5 nitrogen and oxygen atoms in total. The van der Waals surface area contributed by atoms with Crippen molar-refractivity contribution in [1.82, 2.24) is 0 Å². The minimum atomic E-state index is -4.20. The second kappa shape index (κ2) is 22.4. The zero-order valence-corrected chi connectivity index (χ0v) is 26.2. The maximum absolute atomic E-state index is 12.8. The van der Waals surface area contributed by atoms with Crippen molar-refractivity contribution in [3.63, 3.8) is 0 Å². The van der Waals surface area contributed by atoms with Crippen molar-refractivity contribution in [3.8, 4) is 16.9 Å². The van der Waals surface area contributed by atoms with Crippen LogP contribution in [0.1, 0.15) is 94.4 Å². The van der Waals surface area contributed by atoms with Gasteiger partial charge in [0.25, 0.3) is 6.47 Å². The smallest absolute Gasteiger partial charge is 0.389 e. The Hall–Kier alpha value is -3.33. The third-order valence-electron chi connectivity index (χ3n) is 5.20. The molecule has 41 heavy (non-hydrogen) atoms. The Morgan fingerprint density at radius 2 is 1.46 bits per heavy atom. The van der Waals surface area contributed by atoms with Crippen LogP contribution in [0.25, 0.3) is 11.1 Å². The third-order valence-corrected chi connectivity index (χ3v) is 6.17. The lowest BCUT2D eigenvalue weighted by Gasteiger charge is -2.21. The van der Waals surface area contributed by atoms with Crippen molar-refractivity contribution in [1.29, 1.82) is 0 Å². The molecule has 1 unspecified atom stereocenters. The van der Waals surface area contributed by atoms with Crippen molar-refractivity contribution in [2.45, 2.75) is 92.9 Å². The second-order valence-corrected chi connectivity index (χ2v) is 9.91. The van der Waals surface area contributed by atoms with Gasteiger partial charge in [-0.05, 0) is 77.6 Å². The molecule has 0 radical (unpaired) electrons. The summed E-state index contributed by atoms with van der Waals surface area (Å²) in [6.45, 7) is 16.4. The van der Waals surface area contributed by atoms with E-state index in [1.54, 1.807) is 0 Å². The largest absolute Gasteiger partial charge is 0.485 e. The summed E-state index contributed by atoms with van der Waals surface area (Å²) in [5, 5.41) is 8.75. The third kappa shape index (κ3) is 16.5. The summed E-state index contributed by atoms with van der Waals surface area (Å²) in [6.07, 6.45) is -4.27. The number of carbonyl (C=O) groups excluding carboxylic acids is 1. The number of carbonyl (C=O) groups is 2. The molecule has 3 aromatic rings. The predicted octanol–water partition coefficient (Wildman–Crippen LogP) is 9.86. The molecule has 2 aromatic carbocycles. The Morgan fingerprint density at radius 1 is 1.00 bits per heavy atom. The van der Waals surface area contributed by atoms with E-state index in [1.165, 1.54) is 23.3 Å². The number of rotatable bonds is 7. The number of nitrogens with two attached hydrogens (primary N) is 1. The van der Waals surface area contributed by atoms with E-state index in [2.05, 4.69) is 57.7 Å². The van der Waals surface area contributed by atoms with Gasteiger partial charge >= 0.3 is 6.18 Å². The number of hydrogen-bond acceptors (Lipinski definition) is 4. The van der Waals surface area contributed by atoms with E-state index in [0.29, 0.717) is 11.7 Å². The van der Waals surface area contributed by atoms with Crippen LogP contribution in [0.4, 0.5) is 13.2 Å². The first-order chi connectivity index (χ1) is 19.4. The molecular formula is C32H46F3NO4S. The molecule has 0 saturated heterocycles. The van der Waals surface area contributed by atoms with Crippen LogP contribution in [0.15, 0.2) is 53.9 Å². The lowest BCUT2D eigenvalue weighted by molar-refractivity contribution is -0.139. The summed E-state index contributed by atoms with van der Waals surface area (Å²) >= 11 is 1.42. The Labute approximate surface area is 247 Å². The summed E-state index contributed by atoms with van der Waals surface area (Å²) in [6, 6.07) is 16.1. The molecular weight excluding hydrogens is 551 g/mol. The normalized spacial score (nSPS) is 10.6. The van der Waals surface area contributed by atoms with Gasteiger partial charge < -0.3 is 15.6 Å². The summed E-state index contributed by atoms with van der Waals surface area (Å²) < 4.78 is 44.4. The molecule has 1 atom stereocenters. The zero-order valence-electron chi connectivity index (χ0n) is 25.4. The molecule has 230 valence electrons. The molecule has 0 aliphatic heterocycles. The number of hydrogen-bond donors (Lipinski definition) is 2. The maximum atomic E-state index is 12.8. The van der Waals surface area contributed by atoms with Gasteiger partial charge in [0.2, 0.25) is 6.41 Å². The molecule has 0 fully saturated rings. The number of primary amides is 1. The first kappa shape index (κ1) is 39.8. The average molecular weight is 598 g/mol. The van der Waals surface area contributed by atoms with E-state index < -0.39 is 18.7 Å². The fourth-order valence-corrected chi connectivity index (χ4v) is 4.46. The number of thiophene rings is 1. The Kier molecular flexibility index (Phi) is 21.7. The molecule has 0 bridgehead atoms. The molecule has 0 spiro atoms. The van der Waals surface area contributed by atoms with Crippen molar-refractivity contribution in [2.24, 2.45) is 5.73 Å². The molecule has 1 heterocycles. The van der Waals surface area contributed by atoms with Crippen LogP contribution in [0.5, 0.6) is 5.75 Å². The highest BCUT2D eigenvalue weighted by atomic mass is 32.1. The number of halogens is 3. The van der Waals surface area contributed by atoms with Crippen LogP contribution in [0.3, 0.4) is 0 Å².